The molecule has 2 amide bonds. The fourth-order valence-electron chi connectivity index (χ4n) is 5.93. The number of carbonyl (C=O) groups excluding carboxylic acids is 2. The summed E-state index contributed by atoms with van der Waals surface area (Å²) in [6.07, 6.45) is 2.19. The molecule has 2 heterocycles. The van der Waals surface area contributed by atoms with E-state index in [2.05, 4.69) is 20.9 Å². The number of rotatable bonds is 12. The summed E-state index contributed by atoms with van der Waals surface area (Å²) in [5, 5.41) is 21.1. The van der Waals surface area contributed by atoms with Crippen LogP contribution in [0.5, 0.6) is 0 Å². The second-order valence-electron chi connectivity index (χ2n) is 11.7. The topological polar surface area (TPSA) is 135 Å². The highest BCUT2D eigenvalue weighted by Gasteiger charge is 2.32. The van der Waals surface area contributed by atoms with E-state index < -0.39 is 12.2 Å². The van der Waals surface area contributed by atoms with Gasteiger partial charge in [-0.15, -0.1) is 0 Å². The van der Waals surface area contributed by atoms with Crippen molar-refractivity contribution in [2.75, 3.05) is 0 Å². The monoisotopic (exact) mass is 634 g/mol. The van der Waals surface area contributed by atoms with Crippen molar-refractivity contribution in [2.45, 2.75) is 63.9 Å². The highest BCUT2D eigenvalue weighted by Crippen LogP contribution is 2.39. The van der Waals surface area contributed by atoms with Crippen molar-refractivity contribution in [3.05, 3.63) is 126 Å². The largest absolute Gasteiger partial charge is 0.392 e. The average Bonchev–Trinajstić information content (AvgIpc) is 3.53. The Kier molecular flexibility index (Phi) is 10.3. The maximum absolute atomic E-state index is 12.4. The maximum atomic E-state index is 12.4. The van der Waals surface area contributed by atoms with Gasteiger partial charge in [-0.05, 0) is 46.4 Å². The van der Waals surface area contributed by atoms with Crippen molar-refractivity contribution in [3.63, 3.8) is 0 Å². The fraction of sp³-hybridized carbons (Fsp3) is 0.270. The zero-order chi connectivity index (χ0) is 32.6. The molecule has 0 saturated carbocycles. The molecule has 0 bridgehead atoms. The lowest BCUT2D eigenvalue weighted by atomic mass is 9.97. The number of nitrogens with zero attached hydrogens (tertiary/aromatic N) is 2. The second kappa shape index (κ2) is 15.1. The molecule has 1 aliphatic heterocycles. The number of carbonyl (C=O) groups is 2. The van der Waals surface area contributed by atoms with Crippen molar-refractivity contribution < 1.29 is 29.4 Å². The van der Waals surface area contributed by atoms with Gasteiger partial charge in [0.2, 0.25) is 11.8 Å². The number of hydrogen-bond donors (Lipinski definition) is 4. The number of aliphatic hydroxyl groups is 1. The van der Waals surface area contributed by atoms with Crippen molar-refractivity contribution in [1.82, 2.24) is 20.3 Å². The smallest absolute Gasteiger partial charge is 0.243 e. The van der Waals surface area contributed by atoms with Crippen LogP contribution < -0.4 is 10.8 Å². The minimum Gasteiger partial charge on any atom is -0.392 e. The van der Waals surface area contributed by atoms with Crippen LogP contribution in [0.2, 0.25) is 0 Å². The molecule has 6 rings (SSSR count). The number of fused-ring (bicyclic) bond motifs is 1. The van der Waals surface area contributed by atoms with Gasteiger partial charge in [0.05, 0.1) is 42.7 Å². The third-order valence-corrected chi connectivity index (χ3v) is 8.46. The van der Waals surface area contributed by atoms with Crippen molar-refractivity contribution in [3.8, 4) is 11.1 Å². The van der Waals surface area contributed by atoms with Crippen LogP contribution in [0.3, 0.4) is 0 Å². The zero-order valence-corrected chi connectivity index (χ0v) is 25.9. The molecule has 242 valence electrons. The molecule has 1 saturated heterocycles. The summed E-state index contributed by atoms with van der Waals surface area (Å²) in [5.41, 5.74) is 9.29. The number of aliphatic hydroxyl groups excluding tert-OH is 1. The lowest BCUT2D eigenvalue weighted by Gasteiger charge is -2.36. The van der Waals surface area contributed by atoms with Crippen molar-refractivity contribution in [2.24, 2.45) is 0 Å². The van der Waals surface area contributed by atoms with E-state index in [-0.39, 0.29) is 37.6 Å². The molecule has 1 fully saturated rings. The first-order valence-electron chi connectivity index (χ1n) is 15.8. The summed E-state index contributed by atoms with van der Waals surface area (Å²) in [7, 11) is 0. The van der Waals surface area contributed by atoms with E-state index in [1.807, 2.05) is 97.3 Å². The van der Waals surface area contributed by atoms with Crippen LogP contribution in [0, 0.1) is 0 Å². The number of benzene rings is 4. The summed E-state index contributed by atoms with van der Waals surface area (Å²) < 4.78 is 15.3. The van der Waals surface area contributed by atoms with Crippen LogP contribution in [-0.2, 0) is 38.8 Å². The van der Waals surface area contributed by atoms with Crippen LogP contribution in [0.15, 0.2) is 103 Å². The van der Waals surface area contributed by atoms with E-state index in [9.17, 15) is 14.7 Å². The first kappa shape index (κ1) is 32.1. The van der Waals surface area contributed by atoms with E-state index in [4.69, 9.17) is 14.7 Å². The molecule has 1 aliphatic rings. The van der Waals surface area contributed by atoms with Gasteiger partial charge >= 0.3 is 0 Å². The Bertz CT molecular complexity index is 1800. The maximum Gasteiger partial charge on any atom is 0.243 e. The first-order chi connectivity index (χ1) is 23.0. The molecule has 5 aromatic rings. The Balaban J connectivity index is 1.18. The minimum absolute atomic E-state index is 0.0127. The third kappa shape index (κ3) is 7.93. The number of aromatic nitrogens is 2. The van der Waals surface area contributed by atoms with Gasteiger partial charge in [-0.2, -0.15) is 0 Å². The van der Waals surface area contributed by atoms with E-state index >= 15 is 0 Å². The summed E-state index contributed by atoms with van der Waals surface area (Å²) in [4.78, 5) is 28.1. The molecule has 4 N–H and O–H groups in total. The molecule has 1 aromatic heterocycles. The lowest BCUT2D eigenvalue weighted by molar-refractivity contribution is -0.252. The number of imidazole rings is 1. The molecule has 3 atom stereocenters. The highest BCUT2D eigenvalue weighted by molar-refractivity contribution is 5.78. The molecular weight excluding hydrogens is 596 g/mol. The van der Waals surface area contributed by atoms with Gasteiger partial charge < -0.3 is 24.5 Å². The van der Waals surface area contributed by atoms with Crippen LogP contribution in [0.1, 0.15) is 60.3 Å². The Morgan fingerprint density at radius 3 is 2.36 bits per heavy atom. The standard InChI is InChI=1S/C37H38N4O6/c42-23-25-12-14-27(15-13-25)34-20-30(22-41-24-39-32-8-3-4-9-33(32)41)46-37(47-34)28-18-16-26(17-19-28)31-7-2-1-6-29(31)21-38-35(43)10-5-11-36(44)40-45/h1-4,6-9,12-19,24,30,34,37,42,45H,5,10-11,20-23H2,(H,38,43)(H,40,44)/t30-,34+,37+/m0/s1. The Morgan fingerprint density at radius 1 is 0.851 bits per heavy atom. The number of hydrogen-bond acceptors (Lipinski definition) is 7. The lowest BCUT2D eigenvalue weighted by Crippen LogP contribution is -2.32. The van der Waals surface area contributed by atoms with Gasteiger partial charge in [-0.25, -0.2) is 10.5 Å². The summed E-state index contributed by atoms with van der Waals surface area (Å²) in [5.74, 6) is -0.670. The number of ether oxygens (including phenoxy) is 2. The Hall–Kier alpha value is -4.87. The van der Waals surface area contributed by atoms with Crippen LogP contribution >= 0.6 is 0 Å². The first-order valence-corrected chi connectivity index (χ1v) is 15.8. The summed E-state index contributed by atoms with van der Waals surface area (Å²) >= 11 is 0. The van der Waals surface area contributed by atoms with Gasteiger partial charge in [-0.1, -0.05) is 84.9 Å². The zero-order valence-electron chi connectivity index (χ0n) is 25.9. The highest BCUT2D eigenvalue weighted by atomic mass is 16.7. The summed E-state index contributed by atoms with van der Waals surface area (Å²) in [6.45, 7) is 0.956. The van der Waals surface area contributed by atoms with Crippen LogP contribution in [-0.4, -0.2) is 37.8 Å². The van der Waals surface area contributed by atoms with Gasteiger partial charge in [0.25, 0.3) is 0 Å². The molecule has 47 heavy (non-hydrogen) atoms. The molecule has 10 heteroatoms. The molecule has 0 radical (unpaired) electrons. The van der Waals surface area contributed by atoms with Gasteiger partial charge in [0.15, 0.2) is 6.29 Å². The van der Waals surface area contributed by atoms with Crippen molar-refractivity contribution in [1.29, 1.82) is 0 Å². The molecule has 4 aromatic carbocycles. The third-order valence-electron chi connectivity index (χ3n) is 8.46. The predicted octanol–water partition coefficient (Wildman–Crippen LogP) is 5.73. The summed E-state index contributed by atoms with van der Waals surface area (Å²) in [6, 6.07) is 31.9. The van der Waals surface area contributed by atoms with E-state index in [0.29, 0.717) is 25.9 Å². The number of para-hydroxylation sites is 2. The molecule has 0 spiro atoms. The van der Waals surface area contributed by atoms with E-state index in [1.54, 1.807) is 5.48 Å². The number of hydroxylamine groups is 1. The van der Waals surface area contributed by atoms with Gasteiger partial charge in [-0.3, -0.25) is 14.8 Å². The fourth-order valence-corrected chi connectivity index (χ4v) is 5.93. The Morgan fingerprint density at radius 2 is 1.57 bits per heavy atom. The minimum atomic E-state index is -0.595. The van der Waals surface area contributed by atoms with Gasteiger partial charge in [0.1, 0.15) is 0 Å². The Labute approximate surface area is 272 Å². The van der Waals surface area contributed by atoms with Crippen LogP contribution in [0.25, 0.3) is 22.2 Å². The molecule has 0 unspecified atom stereocenters. The second-order valence-corrected chi connectivity index (χ2v) is 11.7. The molecule has 10 nitrogen and oxygen atoms in total. The van der Waals surface area contributed by atoms with Gasteiger partial charge in [0, 0.05) is 31.4 Å². The quantitative estimate of drug-likeness (QED) is 0.102. The molecular formula is C37H38N4O6. The normalized spacial score (nSPS) is 17.8. The van der Waals surface area contributed by atoms with Crippen LogP contribution in [0.4, 0.5) is 0 Å². The SMILES string of the molecule is O=C(CCCC(=O)NCc1ccccc1-c1ccc([C@@H]2O[C@H](Cn3cnc4ccccc43)C[C@H](c3ccc(CO)cc3)O2)cc1)NO. The predicted molar refractivity (Wildman–Crippen MR) is 176 cm³/mol. The molecule has 0 aliphatic carbocycles. The van der Waals surface area contributed by atoms with E-state index in [0.717, 1.165) is 44.4 Å². The average molecular weight is 635 g/mol. The number of amides is 2. The number of nitrogens with one attached hydrogen (secondary N) is 2. The van der Waals surface area contributed by atoms with Crippen molar-refractivity contribution >= 4 is 22.8 Å². The van der Waals surface area contributed by atoms with E-state index in [1.165, 1.54) is 0 Å².